The largest absolute Gasteiger partial charge is 0.260 e. The van der Waals surface area contributed by atoms with Gasteiger partial charge in [0.05, 0.1) is 6.21 Å². The minimum atomic E-state index is 0.359. The molecular weight excluding hydrogens is 268 g/mol. The second-order valence-electron chi connectivity index (χ2n) is 3.38. The first-order chi connectivity index (χ1) is 8.78. The van der Waals surface area contributed by atoms with Crippen molar-refractivity contribution in [1.82, 2.24) is 10.2 Å². The van der Waals surface area contributed by atoms with Crippen molar-refractivity contribution in [3.8, 4) is 0 Å². The number of nitrogens with zero attached hydrogens (tertiary/aromatic N) is 3. The number of hydrazone groups is 1. The van der Waals surface area contributed by atoms with Crippen molar-refractivity contribution < 1.29 is 0 Å². The fourth-order valence-corrected chi connectivity index (χ4v) is 1.75. The van der Waals surface area contributed by atoms with Crippen molar-refractivity contribution >= 4 is 35.4 Å². The van der Waals surface area contributed by atoms with E-state index in [4.69, 9.17) is 11.6 Å². The maximum atomic E-state index is 5.63. The maximum absolute atomic E-state index is 5.63. The predicted molar refractivity (Wildman–Crippen MR) is 76.5 cm³/mol. The fraction of sp³-hybridized carbons (Fsp3) is 0.0833. The molecule has 1 aromatic heterocycles. The number of thioether (sulfide) groups is 1. The van der Waals surface area contributed by atoms with Crippen molar-refractivity contribution in [3.05, 3.63) is 47.1 Å². The third-order valence-corrected chi connectivity index (χ3v) is 3.09. The molecular formula is C12H11ClN4S. The van der Waals surface area contributed by atoms with Gasteiger partial charge in [-0.3, -0.25) is 5.43 Å². The Labute approximate surface area is 114 Å². The van der Waals surface area contributed by atoms with Crippen LogP contribution in [0.4, 0.5) is 5.82 Å². The van der Waals surface area contributed by atoms with E-state index in [0.29, 0.717) is 11.0 Å². The Bertz CT molecular complexity index is 525. The van der Waals surface area contributed by atoms with Gasteiger partial charge in [-0.25, -0.2) is 0 Å². The molecule has 0 bridgehead atoms. The average molecular weight is 279 g/mol. The molecule has 0 atom stereocenters. The van der Waals surface area contributed by atoms with Gasteiger partial charge in [0.25, 0.3) is 0 Å². The first kappa shape index (κ1) is 12.9. The molecule has 1 aromatic carbocycles. The van der Waals surface area contributed by atoms with Gasteiger partial charge >= 0.3 is 0 Å². The van der Waals surface area contributed by atoms with Crippen molar-refractivity contribution in [3.63, 3.8) is 0 Å². The molecule has 0 saturated heterocycles. The quantitative estimate of drug-likeness (QED) is 0.530. The molecule has 0 aliphatic carbocycles. The van der Waals surface area contributed by atoms with Crippen LogP contribution in [0.25, 0.3) is 0 Å². The standard InChI is InChI=1S/C12H11ClN4S/c1-18-10-4-2-9(3-5-10)8-14-16-12-7-6-11(13)15-17-12/h2-8H,1H3,(H,16,17). The van der Waals surface area contributed by atoms with Crippen LogP contribution in [0.15, 0.2) is 46.4 Å². The van der Waals surface area contributed by atoms with Crippen LogP contribution in [0.5, 0.6) is 0 Å². The molecule has 2 rings (SSSR count). The molecule has 0 saturated carbocycles. The Hall–Kier alpha value is -1.59. The summed E-state index contributed by atoms with van der Waals surface area (Å²) in [5.41, 5.74) is 3.80. The van der Waals surface area contributed by atoms with Crippen molar-refractivity contribution in [2.24, 2.45) is 5.10 Å². The molecule has 92 valence electrons. The lowest BCUT2D eigenvalue weighted by molar-refractivity contribution is 1.02. The second-order valence-corrected chi connectivity index (χ2v) is 4.65. The zero-order chi connectivity index (χ0) is 12.8. The van der Waals surface area contributed by atoms with E-state index in [9.17, 15) is 0 Å². The van der Waals surface area contributed by atoms with E-state index in [1.807, 2.05) is 30.5 Å². The minimum Gasteiger partial charge on any atom is -0.260 e. The Morgan fingerprint density at radius 3 is 2.56 bits per heavy atom. The first-order valence-electron chi connectivity index (χ1n) is 5.20. The first-order valence-corrected chi connectivity index (χ1v) is 6.80. The predicted octanol–water partition coefficient (Wildman–Crippen LogP) is 3.30. The van der Waals surface area contributed by atoms with E-state index in [1.54, 1.807) is 30.1 Å². The monoisotopic (exact) mass is 278 g/mol. The van der Waals surface area contributed by atoms with Gasteiger partial charge in [0.15, 0.2) is 11.0 Å². The summed E-state index contributed by atoms with van der Waals surface area (Å²) in [7, 11) is 0. The second kappa shape index (κ2) is 6.37. The maximum Gasteiger partial charge on any atom is 0.168 e. The Balaban J connectivity index is 1.96. The lowest BCUT2D eigenvalue weighted by atomic mass is 10.2. The van der Waals surface area contributed by atoms with E-state index in [-0.39, 0.29) is 0 Å². The van der Waals surface area contributed by atoms with E-state index in [2.05, 4.69) is 20.7 Å². The van der Waals surface area contributed by atoms with Crippen LogP contribution in [0, 0.1) is 0 Å². The molecule has 2 aromatic rings. The van der Waals surface area contributed by atoms with Gasteiger partial charge in [-0.2, -0.15) is 5.10 Å². The highest BCUT2D eigenvalue weighted by Gasteiger charge is 1.93. The molecule has 0 amide bonds. The lowest BCUT2D eigenvalue weighted by Gasteiger charge is -1.98. The van der Waals surface area contributed by atoms with E-state index < -0.39 is 0 Å². The number of aromatic nitrogens is 2. The minimum absolute atomic E-state index is 0.359. The zero-order valence-electron chi connectivity index (χ0n) is 9.67. The summed E-state index contributed by atoms with van der Waals surface area (Å²) < 4.78 is 0. The van der Waals surface area contributed by atoms with E-state index in [0.717, 1.165) is 5.56 Å². The Kier molecular flexibility index (Phi) is 4.55. The van der Waals surface area contributed by atoms with Gasteiger partial charge in [-0.1, -0.05) is 23.7 Å². The van der Waals surface area contributed by atoms with Gasteiger partial charge in [0.2, 0.25) is 0 Å². The Morgan fingerprint density at radius 2 is 1.94 bits per heavy atom. The summed E-state index contributed by atoms with van der Waals surface area (Å²) in [6.45, 7) is 0. The number of benzene rings is 1. The molecule has 0 aliphatic rings. The van der Waals surface area contributed by atoms with Crippen LogP contribution in [-0.4, -0.2) is 22.7 Å². The Morgan fingerprint density at radius 1 is 1.17 bits per heavy atom. The SMILES string of the molecule is CSc1ccc(C=NNc2ccc(Cl)nn2)cc1. The summed E-state index contributed by atoms with van der Waals surface area (Å²) in [6.07, 6.45) is 3.77. The molecule has 1 heterocycles. The molecule has 0 spiro atoms. The van der Waals surface area contributed by atoms with Crippen molar-refractivity contribution in [2.75, 3.05) is 11.7 Å². The summed E-state index contributed by atoms with van der Waals surface area (Å²) in [4.78, 5) is 1.23. The van der Waals surface area contributed by atoms with Crippen LogP contribution in [-0.2, 0) is 0 Å². The summed E-state index contributed by atoms with van der Waals surface area (Å²) >= 11 is 7.34. The molecule has 0 fully saturated rings. The van der Waals surface area contributed by atoms with Crippen LogP contribution in [0.3, 0.4) is 0 Å². The summed E-state index contributed by atoms with van der Waals surface area (Å²) in [6, 6.07) is 11.5. The van der Waals surface area contributed by atoms with Gasteiger partial charge in [0.1, 0.15) is 0 Å². The highest BCUT2D eigenvalue weighted by Crippen LogP contribution is 2.14. The van der Waals surface area contributed by atoms with Gasteiger partial charge in [-0.05, 0) is 36.1 Å². The van der Waals surface area contributed by atoms with E-state index in [1.165, 1.54) is 4.90 Å². The van der Waals surface area contributed by atoms with E-state index >= 15 is 0 Å². The number of anilines is 1. The van der Waals surface area contributed by atoms with Crippen molar-refractivity contribution in [1.29, 1.82) is 0 Å². The molecule has 18 heavy (non-hydrogen) atoms. The highest BCUT2D eigenvalue weighted by molar-refractivity contribution is 7.98. The fourth-order valence-electron chi connectivity index (χ4n) is 1.24. The molecule has 6 heteroatoms. The highest BCUT2D eigenvalue weighted by atomic mass is 35.5. The van der Waals surface area contributed by atoms with Crippen molar-refractivity contribution in [2.45, 2.75) is 4.90 Å². The normalized spacial score (nSPS) is 10.8. The number of rotatable bonds is 4. The third kappa shape index (κ3) is 3.72. The third-order valence-electron chi connectivity index (χ3n) is 2.14. The summed E-state index contributed by atoms with van der Waals surface area (Å²) in [5.74, 6) is 0.552. The molecule has 0 aliphatic heterocycles. The molecule has 0 unspecified atom stereocenters. The average Bonchev–Trinajstić information content (AvgIpc) is 2.42. The molecule has 4 nitrogen and oxygen atoms in total. The molecule has 1 N–H and O–H groups in total. The number of hydrogen-bond donors (Lipinski definition) is 1. The van der Waals surface area contributed by atoms with Crippen LogP contribution >= 0.6 is 23.4 Å². The molecule has 0 radical (unpaired) electrons. The van der Waals surface area contributed by atoms with Gasteiger partial charge in [0, 0.05) is 4.90 Å². The number of nitrogens with one attached hydrogen (secondary N) is 1. The zero-order valence-corrected chi connectivity index (χ0v) is 11.2. The number of halogens is 1. The smallest absolute Gasteiger partial charge is 0.168 e. The summed E-state index contributed by atoms with van der Waals surface area (Å²) in [5, 5.41) is 12.0. The van der Waals surface area contributed by atoms with Gasteiger partial charge < -0.3 is 0 Å². The van der Waals surface area contributed by atoms with Crippen LogP contribution in [0.1, 0.15) is 5.56 Å². The van der Waals surface area contributed by atoms with Crippen LogP contribution in [0.2, 0.25) is 5.15 Å². The van der Waals surface area contributed by atoms with Crippen LogP contribution < -0.4 is 5.43 Å². The van der Waals surface area contributed by atoms with Gasteiger partial charge in [-0.15, -0.1) is 22.0 Å². The topological polar surface area (TPSA) is 50.2 Å². The number of hydrogen-bond acceptors (Lipinski definition) is 5. The lowest BCUT2D eigenvalue weighted by Crippen LogP contribution is -1.94.